The number of nitrogens with zero attached hydrogens (tertiary/aromatic N) is 2. The molecule has 0 atom stereocenters. The van der Waals surface area contributed by atoms with E-state index in [4.69, 9.17) is 10.2 Å². The Labute approximate surface area is 117 Å². The van der Waals surface area contributed by atoms with E-state index in [2.05, 4.69) is 9.88 Å². The van der Waals surface area contributed by atoms with Crippen molar-refractivity contribution in [3.63, 3.8) is 0 Å². The average molecular weight is 267 g/mol. The van der Waals surface area contributed by atoms with Crippen LogP contribution >= 0.6 is 0 Å². The molecule has 0 spiro atoms. The summed E-state index contributed by atoms with van der Waals surface area (Å²) in [6, 6.07) is 11.9. The SMILES string of the molecule is Cc1ccc(CN(C)c2ccc(N)c3ncccc23)o1. The smallest absolute Gasteiger partial charge is 0.123 e. The first-order valence-corrected chi connectivity index (χ1v) is 6.55. The lowest BCUT2D eigenvalue weighted by atomic mass is 10.1. The minimum atomic E-state index is 0.701. The van der Waals surface area contributed by atoms with Gasteiger partial charge in [-0.2, -0.15) is 0 Å². The second-order valence-corrected chi connectivity index (χ2v) is 4.94. The van der Waals surface area contributed by atoms with Crippen LogP contribution in [0.1, 0.15) is 11.5 Å². The van der Waals surface area contributed by atoms with Crippen molar-refractivity contribution >= 4 is 22.3 Å². The number of nitrogen functional groups attached to an aromatic ring is 1. The number of hydrogen-bond acceptors (Lipinski definition) is 4. The van der Waals surface area contributed by atoms with E-state index in [9.17, 15) is 0 Å². The summed E-state index contributed by atoms with van der Waals surface area (Å²) in [5.74, 6) is 1.87. The third-order valence-corrected chi connectivity index (χ3v) is 3.38. The second kappa shape index (κ2) is 4.89. The predicted molar refractivity (Wildman–Crippen MR) is 81.7 cm³/mol. The zero-order chi connectivity index (χ0) is 14.1. The summed E-state index contributed by atoms with van der Waals surface area (Å²) in [4.78, 5) is 6.50. The van der Waals surface area contributed by atoms with Crippen LogP contribution in [0.2, 0.25) is 0 Å². The minimum absolute atomic E-state index is 0.701. The largest absolute Gasteiger partial charge is 0.464 e. The molecular formula is C16H17N3O. The summed E-state index contributed by atoms with van der Waals surface area (Å²) in [5.41, 5.74) is 8.62. The molecule has 102 valence electrons. The van der Waals surface area contributed by atoms with Gasteiger partial charge in [0.2, 0.25) is 0 Å². The molecule has 2 aromatic heterocycles. The number of furan rings is 1. The van der Waals surface area contributed by atoms with Crippen molar-refractivity contribution < 1.29 is 4.42 Å². The molecule has 3 aromatic rings. The number of nitrogens with two attached hydrogens (primary N) is 1. The van der Waals surface area contributed by atoms with Crippen molar-refractivity contribution in [2.75, 3.05) is 17.7 Å². The van der Waals surface area contributed by atoms with E-state index < -0.39 is 0 Å². The van der Waals surface area contributed by atoms with Crippen LogP contribution in [-0.2, 0) is 6.54 Å². The van der Waals surface area contributed by atoms with Crippen LogP contribution in [0.3, 0.4) is 0 Å². The number of rotatable bonds is 3. The quantitative estimate of drug-likeness (QED) is 0.739. The summed E-state index contributed by atoms with van der Waals surface area (Å²) >= 11 is 0. The Balaban J connectivity index is 1.99. The monoisotopic (exact) mass is 267 g/mol. The van der Waals surface area contributed by atoms with Crippen molar-refractivity contribution in [1.82, 2.24) is 4.98 Å². The van der Waals surface area contributed by atoms with Crippen LogP contribution in [0.5, 0.6) is 0 Å². The molecule has 0 fully saturated rings. The van der Waals surface area contributed by atoms with Gasteiger partial charge in [-0.3, -0.25) is 4.98 Å². The Bertz CT molecular complexity index is 748. The van der Waals surface area contributed by atoms with Crippen molar-refractivity contribution in [2.24, 2.45) is 0 Å². The topological polar surface area (TPSA) is 55.3 Å². The molecule has 2 heterocycles. The van der Waals surface area contributed by atoms with Crippen LogP contribution in [-0.4, -0.2) is 12.0 Å². The molecular weight excluding hydrogens is 250 g/mol. The van der Waals surface area contributed by atoms with Gasteiger partial charge < -0.3 is 15.1 Å². The van der Waals surface area contributed by atoms with Gasteiger partial charge >= 0.3 is 0 Å². The number of anilines is 2. The Morgan fingerprint density at radius 3 is 2.80 bits per heavy atom. The first-order valence-electron chi connectivity index (χ1n) is 6.55. The molecule has 0 bridgehead atoms. The fourth-order valence-electron chi connectivity index (χ4n) is 2.40. The van der Waals surface area contributed by atoms with E-state index in [1.807, 2.05) is 50.4 Å². The highest BCUT2D eigenvalue weighted by Gasteiger charge is 2.10. The molecule has 0 aliphatic heterocycles. The zero-order valence-corrected chi connectivity index (χ0v) is 11.6. The number of aromatic nitrogens is 1. The molecule has 4 heteroatoms. The third kappa shape index (κ3) is 2.20. The Kier molecular flexibility index (Phi) is 3.06. The van der Waals surface area contributed by atoms with Gasteiger partial charge in [0, 0.05) is 24.3 Å². The molecule has 0 saturated carbocycles. The maximum atomic E-state index is 5.98. The Morgan fingerprint density at radius 1 is 1.20 bits per heavy atom. The molecule has 3 rings (SSSR count). The van der Waals surface area contributed by atoms with Gasteiger partial charge in [0.1, 0.15) is 11.5 Å². The second-order valence-electron chi connectivity index (χ2n) is 4.94. The van der Waals surface area contributed by atoms with Crippen LogP contribution in [0, 0.1) is 6.92 Å². The average Bonchev–Trinajstić information content (AvgIpc) is 2.84. The Morgan fingerprint density at radius 2 is 2.05 bits per heavy atom. The normalized spacial score (nSPS) is 10.9. The zero-order valence-electron chi connectivity index (χ0n) is 11.6. The van der Waals surface area contributed by atoms with E-state index in [0.29, 0.717) is 12.2 Å². The first-order chi connectivity index (χ1) is 9.65. The third-order valence-electron chi connectivity index (χ3n) is 3.38. The van der Waals surface area contributed by atoms with Gasteiger partial charge in [-0.05, 0) is 43.3 Å². The lowest BCUT2D eigenvalue weighted by Crippen LogP contribution is -2.16. The van der Waals surface area contributed by atoms with Gasteiger partial charge in [-0.25, -0.2) is 0 Å². The van der Waals surface area contributed by atoms with Gasteiger partial charge in [0.25, 0.3) is 0 Å². The van der Waals surface area contributed by atoms with Crippen LogP contribution in [0.25, 0.3) is 10.9 Å². The van der Waals surface area contributed by atoms with Crippen molar-refractivity contribution in [2.45, 2.75) is 13.5 Å². The number of benzene rings is 1. The lowest BCUT2D eigenvalue weighted by molar-refractivity contribution is 0.482. The minimum Gasteiger partial charge on any atom is -0.464 e. The fraction of sp³-hybridized carbons (Fsp3) is 0.188. The van der Waals surface area contributed by atoms with E-state index in [0.717, 1.165) is 28.1 Å². The van der Waals surface area contributed by atoms with E-state index in [1.165, 1.54) is 0 Å². The maximum Gasteiger partial charge on any atom is 0.123 e. The molecule has 0 unspecified atom stereocenters. The van der Waals surface area contributed by atoms with Crippen LogP contribution in [0.15, 0.2) is 47.0 Å². The van der Waals surface area contributed by atoms with Gasteiger partial charge in [-0.1, -0.05) is 0 Å². The number of pyridine rings is 1. The van der Waals surface area contributed by atoms with Crippen LogP contribution in [0.4, 0.5) is 11.4 Å². The summed E-state index contributed by atoms with van der Waals surface area (Å²) in [6.45, 7) is 2.66. The lowest BCUT2D eigenvalue weighted by Gasteiger charge is -2.20. The van der Waals surface area contributed by atoms with Crippen molar-refractivity contribution in [3.8, 4) is 0 Å². The summed E-state index contributed by atoms with van der Waals surface area (Å²) < 4.78 is 5.63. The highest BCUT2D eigenvalue weighted by Crippen LogP contribution is 2.29. The van der Waals surface area contributed by atoms with Crippen molar-refractivity contribution in [3.05, 3.63) is 54.1 Å². The van der Waals surface area contributed by atoms with Crippen molar-refractivity contribution in [1.29, 1.82) is 0 Å². The van der Waals surface area contributed by atoms with Gasteiger partial charge in [-0.15, -0.1) is 0 Å². The molecule has 1 aromatic carbocycles. The highest BCUT2D eigenvalue weighted by molar-refractivity contribution is 5.98. The van der Waals surface area contributed by atoms with Crippen LogP contribution < -0.4 is 10.6 Å². The molecule has 0 aliphatic carbocycles. The predicted octanol–water partition coefficient (Wildman–Crippen LogP) is 3.35. The van der Waals surface area contributed by atoms with Gasteiger partial charge in [0.05, 0.1) is 17.7 Å². The Hall–Kier alpha value is -2.49. The van der Waals surface area contributed by atoms with E-state index >= 15 is 0 Å². The van der Waals surface area contributed by atoms with Gasteiger partial charge in [0.15, 0.2) is 0 Å². The molecule has 20 heavy (non-hydrogen) atoms. The number of hydrogen-bond donors (Lipinski definition) is 1. The summed E-state index contributed by atoms with van der Waals surface area (Å²) in [6.07, 6.45) is 1.76. The molecule has 0 amide bonds. The number of aryl methyl sites for hydroxylation is 1. The standard InChI is InChI=1S/C16H17N3O/c1-11-5-6-12(20-11)10-19(2)15-8-7-14(17)16-13(15)4-3-9-18-16/h3-9H,10,17H2,1-2H3. The molecule has 4 nitrogen and oxygen atoms in total. The summed E-state index contributed by atoms with van der Waals surface area (Å²) in [5, 5.41) is 1.05. The molecule has 0 saturated heterocycles. The summed E-state index contributed by atoms with van der Waals surface area (Å²) in [7, 11) is 2.04. The molecule has 0 radical (unpaired) electrons. The molecule has 0 aliphatic rings. The first kappa shape index (κ1) is 12.5. The number of fused-ring (bicyclic) bond motifs is 1. The maximum absolute atomic E-state index is 5.98. The fourth-order valence-corrected chi connectivity index (χ4v) is 2.40. The van der Waals surface area contributed by atoms with E-state index in [1.54, 1.807) is 6.20 Å². The molecule has 2 N–H and O–H groups in total. The van der Waals surface area contributed by atoms with E-state index in [-0.39, 0.29) is 0 Å². The highest BCUT2D eigenvalue weighted by atomic mass is 16.3.